The van der Waals surface area contributed by atoms with Crippen LogP contribution in [0.5, 0.6) is 5.75 Å². The summed E-state index contributed by atoms with van der Waals surface area (Å²) in [5.74, 6) is 0.518. The normalized spacial score (nSPS) is 10.4. The Morgan fingerprint density at radius 1 is 1.39 bits per heavy atom. The van der Waals surface area contributed by atoms with E-state index in [0.717, 1.165) is 13.1 Å². The zero-order chi connectivity index (χ0) is 13.5. The molecule has 0 saturated carbocycles. The molecule has 0 aromatic heterocycles. The molecule has 18 heavy (non-hydrogen) atoms. The molecule has 0 radical (unpaired) electrons. The highest BCUT2D eigenvalue weighted by Crippen LogP contribution is 2.26. The summed E-state index contributed by atoms with van der Waals surface area (Å²) in [6, 6.07) is 5.16. The minimum Gasteiger partial charge on any atom is -0.494 e. The van der Waals surface area contributed by atoms with E-state index < -0.39 is 0 Å². The van der Waals surface area contributed by atoms with Crippen LogP contribution in [0, 0.1) is 0 Å². The minimum atomic E-state index is -0.0539. The number of hydrogen-bond acceptors (Lipinski definition) is 4. The second-order valence-corrected chi connectivity index (χ2v) is 3.97. The smallest absolute Gasteiger partial charge is 0.238 e. The average Bonchev–Trinajstić information content (AvgIpc) is 2.38. The number of rotatable bonds is 6. The van der Waals surface area contributed by atoms with E-state index in [9.17, 15) is 4.79 Å². The van der Waals surface area contributed by atoms with Crippen LogP contribution in [0.1, 0.15) is 13.8 Å². The lowest BCUT2D eigenvalue weighted by atomic mass is 10.2. The number of likely N-dealkylation sites (N-methyl/N-ethyl adjacent to an activating group) is 1. The molecular weight excluding hydrogens is 230 g/mol. The minimum absolute atomic E-state index is 0.0539. The quantitative estimate of drug-likeness (QED) is 0.753. The molecule has 0 spiro atoms. The van der Waals surface area contributed by atoms with E-state index in [1.54, 1.807) is 25.3 Å². The first-order chi connectivity index (χ1) is 8.60. The van der Waals surface area contributed by atoms with E-state index in [4.69, 9.17) is 10.5 Å². The highest BCUT2D eigenvalue weighted by Gasteiger charge is 2.10. The first-order valence-corrected chi connectivity index (χ1v) is 6.06. The van der Waals surface area contributed by atoms with E-state index in [1.807, 2.05) is 18.7 Å². The summed E-state index contributed by atoms with van der Waals surface area (Å²) in [4.78, 5) is 13.9. The van der Waals surface area contributed by atoms with Crippen molar-refractivity contribution in [2.24, 2.45) is 0 Å². The molecule has 3 N–H and O–H groups in total. The van der Waals surface area contributed by atoms with Gasteiger partial charge in [0, 0.05) is 11.8 Å². The number of nitrogen functional groups attached to an aromatic ring is 1. The van der Waals surface area contributed by atoms with Crippen LogP contribution in [0.3, 0.4) is 0 Å². The van der Waals surface area contributed by atoms with Crippen molar-refractivity contribution >= 4 is 17.3 Å². The molecule has 1 aromatic carbocycles. The standard InChI is InChI=1S/C13H21N3O2/c1-4-16(5-2)9-13(17)15-11-7-6-10(14)8-12(11)18-3/h6-8H,4-5,9,14H2,1-3H3,(H,15,17). The zero-order valence-electron chi connectivity index (χ0n) is 11.2. The number of anilines is 2. The van der Waals surface area contributed by atoms with Gasteiger partial charge in [0.05, 0.1) is 19.3 Å². The van der Waals surface area contributed by atoms with Crippen molar-refractivity contribution in [3.05, 3.63) is 18.2 Å². The molecule has 0 aliphatic heterocycles. The van der Waals surface area contributed by atoms with Gasteiger partial charge >= 0.3 is 0 Å². The van der Waals surface area contributed by atoms with Crippen molar-refractivity contribution in [2.45, 2.75) is 13.8 Å². The molecule has 0 unspecified atom stereocenters. The number of carbonyl (C=O) groups excluding carboxylic acids is 1. The second kappa shape index (κ2) is 6.86. The van der Waals surface area contributed by atoms with Crippen LogP contribution in [0.15, 0.2) is 18.2 Å². The maximum atomic E-state index is 11.9. The van der Waals surface area contributed by atoms with Crippen molar-refractivity contribution in [2.75, 3.05) is 37.8 Å². The van der Waals surface area contributed by atoms with E-state index in [2.05, 4.69) is 5.32 Å². The molecule has 100 valence electrons. The predicted octanol–water partition coefficient (Wildman–Crippen LogP) is 1.56. The third-order valence-corrected chi connectivity index (χ3v) is 2.76. The molecule has 1 amide bonds. The Morgan fingerprint density at radius 3 is 2.61 bits per heavy atom. The van der Waals surface area contributed by atoms with Gasteiger partial charge in [0.25, 0.3) is 0 Å². The number of nitrogens with zero attached hydrogens (tertiary/aromatic N) is 1. The maximum absolute atomic E-state index is 11.9. The first-order valence-electron chi connectivity index (χ1n) is 6.06. The van der Waals surface area contributed by atoms with Gasteiger partial charge in [0.2, 0.25) is 5.91 Å². The summed E-state index contributed by atoms with van der Waals surface area (Å²) in [6.07, 6.45) is 0. The molecule has 0 atom stereocenters. The van der Waals surface area contributed by atoms with Gasteiger partial charge in [-0.05, 0) is 25.2 Å². The lowest BCUT2D eigenvalue weighted by Crippen LogP contribution is -2.33. The number of nitrogens with one attached hydrogen (secondary N) is 1. The molecule has 0 aliphatic rings. The fourth-order valence-electron chi connectivity index (χ4n) is 1.65. The predicted molar refractivity (Wildman–Crippen MR) is 73.8 cm³/mol. The van der Waals surface area contributed by atoms with E-state index in [0.29, 0.717) is 23.7 Å². The Morgan fingerprint density at radius 2 is 2.06 bits per heavy atom. The SMILES string of the molecule is CCN(CC)CC(=O)Nc1ccc(N)cc1OC. The van der Waals surface area contributed by atoms with Crippen molar-refractivity contribution in [1.82, 2.24) is 4.90 Å². The van der Waals surface area contributed by atoms with Crippen molar-refractivity contribution < 1.29 is 9.53 Å². The molecule has 0 heterocycles. The summed E-state index contributed by atoms with van der Waals surface area (Å²) in [5, 5.41) is 2.83. The summed E-state index contributed by atoms with van der Waals surface area (Å²) in [5.41, 5.74) is 6.90. The van der Waals surface area contributed by atoms with Crippen molar-refractivity contribution in [3.63, 3.8) is 0 Å². The van der Waals surface area contributed by atoms with E-state index >= 15 is 0 Å². The molecular formula is C13H21N3O2. The number of hydrogen-bond donors (Lipinski definition) is 2. The lowest BCUT2D eigenvalue weighted by Gasteiger charge is -2.18. The molecule has 5 nitrogen and oxygen atoms in total. The largest absolute Gasteiger partial charge is 0.494 e. The maximum Gasteiger partial charge on any atom is 0.238 e. The molecule has 0 saturated heterocycles. The molecule has 1 aromatic rings. The number of methoxy groups -OCH3 is 1. The van der Waals surface area contributed by atoms with Crippen LogP contribution in [0.2, 0.25) is 0 Å². The monoisotopic (exact) mass is 251 g/mol. The summed E-state index contributed by atoms with van der Waals surface area (Å²) in [6.45, 7) is 6.13. The molecule has 0 bridgehead atoms. The van der Waals surface area contributed by atoms with Gasteiger partial charge in [-0.3, -0.25) is 9.69 Å². The third-order valence-electron chi connectivity index (χ3n) is 2.76. The van der Waals surface area contributed by atoms with Crippen molar-refractivity contribution in [1.29, 1.82) is 0 Å². The Labute approximate surface area is 108 Å². The van der Waals surface area contributed by atoms with Gasteiger partial charge in [0.15, 0.2) is 0 Å². The van der Waals surface area contributed by atoms with Crippen molar-refractivity contribution in [3.8, 4) is 5.75 Å². The Bertz CT molecular complexity index is 403. The molecule has 0 fully saturated rings. The van der Waals surface area contributed by atoms with Crippen LogP contribution < -0.4 is 15.8 Å². The van der Waals surface area contributed by atoms with Crippen LogP contribution in [0.4, 0.5) is 11.4 Å². The van der Waals surface area contributed by atoms with Gasteiger partial charge in [0.1, 0.15) is 5.75 Å². The summed E-state index contributed by atoms with van der Waals surface area (Å²) < 4.78 is 5.18. The highest BCUT2D eigenvalue weighted by atomic mass is 16.5. The van der Waals surface area contributed by atoms with Crippen LogP contribution in [-0.2, 0) is 4.79 Å². The van der Waals surface area contributed by atoms with Gasteiger partial charge in [-0.25, -0.2) is 0 Å². The number of benzene rings is 1. The number of carbonyl (C=O) groups is 1. The van der Waals surface area contributed by atoms with Gasteiger partial charge in [-0.1, -0.05) is 13.8 Å². The van der Waals surface area contributed by atoms with Crippen LogP contribution in [-0.4, -0.2) is 37.6 Å². The zero-order valence-corrected chi connectivity index (χ0v) is 11.2. The number of nitrogens with two attached hydrogens (primary N) is 1. The summed E-state index contributed by atoms with van der Waals surface area (Å²) >= 11 is 0. The Hall–Kier alpha value is -1.75. The lowest BCUT2D eigenvalue weighted by molar-refractivity contribution is -0.117. The van der Waals surface area contributed by atoms with Gasteiger partial charge < -0.3 is 15.8 Å². The number of amides is 1. The fourth-order valence-corrected chi connectivity index (χ4v) is 1.65. The highest BCUT2D eigenvalue weighted by molar-refractivity contribution is 5.94. The van der Waals surface area contributed by atoms with Crippen LogP contribution >= 0.6 is 0 Å². The van der Waals surface area contributed by atoms with Crippen LogP contribution in [0.25, 0.3) is 0 Å². The molecule has 1 rings (SSSR count). The Kier molecular flexibility index (Phi) is 5.45. The summed E-state index contributed by atoms with van der Waals surface area (Å²) in [7, 11) is 1.55. The third kappa shape index (κ3) is 3.92. The molecule has 5 heteroatoms. The number of ether oxygens (including phenoxy) is 1. The Balaban J connectivity index is 2.69. The first kappa shape index (κ1) is 14.3. The van der Waals surface area contributed by atoms with E-state index in [1.165, 1.54) is 0 Å². The average molecular weight is 251 g/mol. The second-order valence-electron chi connectivity index (χ2n) is 3.97. The van der Waals surface area contributed by atoms with Gasteiger partial charge in [-0.15, -0.1) is 0 Å². The van der Waals surface area contributed by atoms with E-state index in [-0.39, 0.29) is 5.91 Å². The molecule has 0 aliphatic carbocycles. The fraction of sp³-hybridized carbons (Fsp3) is 0.462. The topological polar surface area (TPSA) is 67.6 Å². The van der Waals surface area contributed by atoms with Gasteiger partial charge in [-0.2, -0.15) is 0 Å².